The molecule has 0 saturated carbocycles. The SMILES string of the molecule is O=C1/C(=C/c2cc(Cl)c(O)c(Cl)c2)SC(=S)N1c1ccc(Br)c(Cl)c1. The van der Waals surface area contributed by atoms with Gasteiger partial charge in [0.25, 0.3) is 5.91 Å². The van der Waals surface area contributed by atoms with Crippen molar-refractivity contribution in [2.24, 2.45) is 0 Å². The van der Waals surface area contributed by atoms with Crippen molar-refractivity contribution in [1.82, 2.24) is 0 Å². The molecular weight excluding hydrogens is 489 g/mol. The number of hydrogen-bond acceptors (Lipinski definition) is 4. The van der Waals surface area contributed by atoms with Gasteiger partial charge in [-0.1, -0.05) is 58.8 Å². The summed E-state index contributed by atoms with van der Waals surface area (Å²) < 4.78 is 1.12. The molecule has 1 saturated heterocycles. The molecule has 0 radical (unpaired) electrons. The Labute approximate surface area is 176 Å². The van der Waals surface area contributed by atoms with E-state index in [9.17, 15) is 9.90 Å². The molecule has 0 aromatic heterocycles. The molecule has 1 heterocycles. The Bertz CT molecular complexity index is 926. The molecule has 3 nitrogen and oxygen atoms in total. The van der Waals surface area contributed by atoms with Crippen LogP contribution in [0.4, 0.5) is 5.69 Å². The summed E-state index contributed by atoms with van der Waals surface area (Å²) in [4.78, 5) is 14.6. The van der Waals surface area contributed by atoms with Crippen molar-refractivity contribution in [1.29, 1.82) is 0 Å². The Morgan fingerprint density at radius 2 is 1.76 bits per heavy atom. The Kier molecular flexibility index (Phi) is 5.68. The number of carbonyl (C=O) groups is 1. The van der Waals surface area contributed by atoms with Crippen LogP contribution >= 0.6 is 74.7 Å². The second kappa shape index (κ2) is 7.47. The standard InChI is InChI=1S/C16H7BrCl3NO2S2/c17-9-2-1-8(6-10(9)18)21-15(23)13(25-16(21)24)5-7-3-11(19)14(22)12(20)4-7/h1-6,22H/b13-5-. The summed E-state index contributed by atoms with van der Waals surface area (Å²) in [6, 6.07) is 8.20. The van der Waals surface area contributed by atoms with Crippen LogP contribution < -0.4 is 4.90 Å². The molecule has 9 heteroatoms. The van der Waals surface area contributed by atoms with Gasteiger partial charge in [0.2, 0.25) is 0 Å². The summed E-state index contributed by atoms with van der Waals surface area (Å²) in [5.41, 5.74) is 1.17. The number of carbonyl (C=O) groups excluding carboxylic acids is 1. The fraction of sp³-hybridized carbons (Fsp3) is 0. The molecule has 1 fully saturated rings. The first kappa shape index (κ1) is 19.0. The summed E-state index contributed by atoms with van der Waals surface area (Å²) >= 11 is 27.7. The van der Waals surface area contributed by atoms with E-state index in [2.05, 4.69) is 15.9 Å². The topological polar surface area (TPSA) is 40.5 Å². The maximum absolute atomic E-state index is 12.7. The number of hydrogen-bond donors (Lipinski definition) is 1. The Balaban J connectivity index is 1.97. The van der Waals surface area contributed by atoms with Crippen molar-refractivity contribution < 1.29 is 9.90 Å². The molecule has 2 aromatic carbocycles. The highest BCUT2D eigenvalue weighted by molar-refractivity contribution is 9.10. The molecule has 1 N–H and O–H groups in total. The molecule has 0 atom stereocenters. The maximum Gasteiger partial charge on any atom is 0.270 e. The molecule has 128 valence electrons. The van der Waals surface area contributed by atoms with Gasteiger partial charge in [0.05, 0.1) is 25.7 Å². The van der Waals surface area contributed by atoms with Crippen LogP contribution in [0.15, 0.2) is 39.7 Å². The summed E-state index contributed by atoms with van der Waals surface area (Å²) in [7, 11) is 0. The number of nitrogens with zero attached hydrogens (tertiary/aromatic N) is 1. The van der Waals surface area contributed by atoms with Crippen LogP contribution in [0.3, 0.4) is 0 Å². The zero-order chi connectivity index (χ0) is 18.3. The van der Waals surface area contributed by atoms with Gasteiger partial charge < -0.3 is 5.11 Å². The fourth-order valence-corrected chi connectivity index (χ4v) is 4.36. The number of phenolic OH excluding ortho intramolecular Hbond substituents is 1. The molecular formula is C16H7BrCl3NO2S2. The number of rotatable bonds is 2. The van der Waals surface area contributed by atoms with Crippen LogP contribution in [0.25, 0.3) is 6.08 Å². The van der Waals surface area contributed by atoms with Crippen LogP contribution in [-0.2, 0) is 4.79 Å². The van der Waals surface area contributed by atoms with Crippen LogP contribution in [0.5, 0.6) is 5.75 Å². The summed E-state index contributed by atoms with van der Waals surface area (Å²) in [5.74, 6) is -0.466. The van der Waals surface area contributed by atoms with Crippen LogP contribution in [0, 0.1) is 0 Å². The van der Waals surface area contributed by atoms with Gasteiger partial charge in [-0.3, -0.25) is 9.69 Å². The Morgan fingerprint density at radius 3 is 2.36 bits per heavy atom. The van der Waals surface area contributed by atoms with Gasteiger partial charge in [0.1, 0.15) is 0 Å². The lowest BCUT2D eigenvalue weighted by atomic mass is 10.2. The molecule has 1 aliphatic heterocycles. The zero-order valence-electron chi connectivity index (χ0n) is 12.1. The van der Waals surface area contributed by atoms with E-state index >= 15 is 0 Å². The second-order valence-electron chi connectivity index (χ2n) is 4.95. The molecule has 0 spiro atoms. The van der Waals surface area contributed by atoms with E-state index in [1.165, 1.54) is 17.0 Å². The summed E-state index contributed by atoms with van der Waals surface area (Å²) in [6.07, 6.45) is 1.62. The minimum Gasteiger partial charge on any atom is -0.505 e. The maximum atomic E-state index is 12.7. The highest BCUT2D eigenvalue weighted by Crippen LogP contribution is 2.39. The molecule has 25 heavy (non-hydrogen) atoms. The Hall–Kier alpha value is -0.760. The van der Waals surface area contributed by atoms with E-state index in [0.29, 0.717) is 25.5 Å². The van der Waals surface area contributed by atoms with Crippen molar-refractivity contribution in [3.63, 3.8) is 0 Å². The van der Waals surface area contributed by atoms with Crippen molar-refractivity contribution in [3.05, 3.63) is 60.3 Å². The van der Waals surface area contributed by atoms with E-state index < -0.39 is 0 Å². The van der Waals surface area contributed by atoms with Gasteiger partial charge in [0.15, 0.2) is 10.1 Å². The monoisotopic (exact) mass is 493 g/mol. The first-order valence-corrected chi connectivity index (χ1v) is 9.84. The Morgan fingerprint density at radius 1 is 1.12 bits per heavy atom. The van der Waals surface area contributed by atoms with Crippen molar-refractivity contribution in [2.75, 3.05) is 4.90 Å². The van der Waals surface area contributed by atoms with E-state index in [1.54, 1.807) is 24.3 Å². The number of amides is 1. The first-order valence-electron chi connectivity index (χ1n) is 6.69. The average molecular weight is 496 g/mol. The van der Waals surface area contributed by atoms with Crippen LogP contribution in [0.1, 0.15) is 5.56 Å². The number of thiocarbonyl (C=S) groups is 1. The first-order chi connectivity index (χ1) is 11.8. The van der Waals surface area contributed by atoms with Gasteiger partial charge in [-0.15, -0.1) is 0 Å². The quantitative estimate of drug-likeness (QED) is 0.380. The highest BCUT2D eigenvalue weighted by Gasteiger charge is 2.33. The predicted octanol–water partition coefficient (Wildman–Crippen LogP) is 6.52. The van der Waals surface area contributed by atoms with E-state index in [4.69, 9.17) is 47.0 Å². The number of phenols is 1. The number of thioether (sulfide) groups is 1. The third kappa shape index (κ3) is 3.84. The fourth-order valence-electron chi connectivity index (χ4n) is 2.13. The minimum absolute atomic E-state index is 0.105. The molecule has 3 rings (SSSR count). The molecule has 1 aliphatic rings. The van der Waals surface area contributed by atoms with Gasteiger partial charge in [0, 0.05) is 4.47 Å². The van der Waals surface area contributed by atoms with Crippen LogP contribution in [0.2, 0.25) is 15.1 Å². The average Bonchev–Trinajstić information content (AvgIpc) is 2.82. The zero-order valence-corrected chi connectivity index (χ0v) is 17.6. The summed E-state index contributed by atoms with van der Waals surface area (Å²) in [6.45, 7) is 0. The second-order valence-corrected chi connectivity index (χ2v) is 8.70. The normalized spacial score (nSPS) is 16.2. The number of halogens is 4. The van der Waals surface area contributed by atoms with E-state index in [-0.39, 0.29) is 21.7 Å². The molecule has 0 bridgehead atoms. The highest BCUT2D eigenvalue weighted by atomic mass is 79.9. The lowest BCUT2D eigenvalue weighted by Crippen LogP contribution is -2.27. The van der Waals surface area contributed by atoms with Crippen molar-refractivity contribution in [3.8, 4) is 5.75 Å². The van der Waals surface area contributed by atoms with Gasteiger partial charge in [-0.2, -0.15) is 0 Å². The van der Waals surface area contributed by atoms with Gasteiger partial charge >= 0.3 is 0 Å². The van der Waals surface area contributed by atoms with Crippen LogP contribution in [-0.4, -0.2) is 15.3 Å². The van der Waals surface area contributed by atoms with Crippen molar-refractivity contribution >= 4 is 96.7 Å². The number of benzene rings is 2. The van der Waals surface area contributed by atoms with Gasteiger partial charge in [-0.05, 0) is 57.9 Å². The lowest BCUT2D eigenvalue weighted by molar-refractivity contribution is -0.113. The number of aromatic hydroxyl groups is 1. The third-order valence-electron chi connectivity index (χ3n) is 3.29. The summed E-state index contributed by atoms with van der Waals surface area (Å²) in [5, 5.41) is 10.3. The minimum atomic E-state index is -0.270. The largest absolute Gasteiger partial charge is 0.505 e. The van der Waals surface area contributed by atoms with Crippen molar-refractivity contribution in [2.45, 2.75) is 0 Å². The molecule has 0 aliphatic carbocycles. The molecule has 2 aromatic rings. The van der Waals surface area contributed by atoms with E-state index in [0.717, 1.165) is 16.2 Å². The smallest absolute Gasteiger partial charge is 0.270 e. The third-order valence-corrected chi connectivity index (χ3v) is 6.40. The molecule has 0 unspecified atom stereocenters. The lowest BCUT2D eigenvalue weighted by Gasteiger charge is -2.15. The number of anilines is 1. The van der Waals surface area contributed by atoms with E-state index in [1.807, 2.05) is 0 Å². The predicted molar refractivity (Wildman–Crippen MR) is 113 cm³/mol. The van der Waals surface area contributed by atoms with Gasteiger partial charge in [-0.25, -0.2) is 0 Å². The molecule has 1 amide bonds.